The molecule has 1 saturated carbocycles. The number of hydrogen-bond donors (Lipinski definition) is 4. The van der Waals surface area contributed by atoms with Gasteiger partial charge in [0.1, 0.15) is 11.7 Å². The Hall–Kier alpha value is -3.75. The number of benzene rings is 2. The number of fused-ring (bicyclic) bond motifs is 1. The van der Waals surface area contributed by atoms with Crippen LogP contribution in [0.3, 0.4) is 0 Å². The fourth-order valence-electron chi connectivity index (χ4n) is 5.23. The van der Waals surface area contributed by atoms with Crippen LogP contribution in [0.5, 0.6) is 0 Å². The first-order chi connectivity index (χ1) is 18.4. The van der Waals surface area contributed by atoms with E-state index in [9.17, 15) is 9.50 Å². The molecule has 7 nitrogen and oxygen atoms in total. The van der Waals surface area contributed by atoms with Gasteiger partial charge < -0.3 is 21.9 Å². The lowest BCUT2D eigenvalue weighted by Crippen LogP contribution is -2.33. The van der Waals surface area contributed by atoms with Crippen LogP contribution >= 0.6 is 0 Å². The number of hydrogen-bond acceptors (Lipinski definition) is 5. The lowest BCUT2D eigenvalue weighted by Gasteiger charge is -2.28. The summed E-state index contributed by atoms with van der Waals surface area (Å²) < 4.78 is 15.9. The number of aliphatic imine (C=N–C) groups is 1. The Morgan fingerprint density at radius 1 is 1.16 bits per heavy atom. The van der Waals surface area contributed by atoms with Gasteiger partial charge in [-0.1, -0.05) is 25.1 Å². The van der Waals surface area contributed by atoms with Gasteiger partial charge in [-0.15, -0.1) is 0 Å². The first-order valence-corrected chi connectivity index (χ1v) is 13.2. The van der Waals surface area contributed by atoms with Crippen LogP contribution in [0.25, 0.3) is 16.6 Å². The van der Waals surface area contributed by atoms with Crippen molar-refractivity contribution in [2.24, 2.45) is 16.5 Å². The smallest absolute Gasteiger partial charge is 0.135 e. The minimum Gasteiger partial charge on any atom is -0.392 e. The Morgan fingerprint density at radius 2 is 1.95 bits per heavy atom. The van der Waals surface area contributed by atoms with Crippen molar-refractivity contribution in [3.8, 4) is 11.1 Å². The van der Waals surface area contributed by atoms with Crippen molar-refractivity contribution in [1.82, 2.24) is 9.61 Å². The fraction of sp³-hybridized carbons (Fsp3) is 0.333. The maximum absolute atomic E-state index is 14.1. The third-order valence-corrected chi connectivity index (χ3v) is 7.50. The van der Waals surface area contributed by atoms with E-state index in [-0.39, 0.29) is 30.3 Å². The van der Waals surface area contributed by atoms with Crippen molar-refractivity contribution in [1.29, 1.82) is 0 Å². The van der Waals surface area contributed by atoms with E-state index in [0.29, 0.717) is 17.7 Å². The average molecular weight is 515 g/mol. The van der Waals surface area contributed by atoms with E-state index in [2.05, 4.69) is 28.4 Å². The molecule has 6 N–H and O–H groups in total. The van der Waals surface area contributed by atoms with Gasteiger partial charge in [-0.2, -0.15) is 5.10 Å². The Kier molecular flexibility index (Phi) is 7.44. The lowest BCUT2D eigenvalue weighted by molar-refractivity contribution is 0.282. The first-order valence-electron chi connectivity index (χ1n) is 13.2. The summed E-state index contributed by atoms with van der Waals surface area (Å²) in [4.78, 5) is 4.65. The van der Waals surface area contributed by atoms with E-state index < -0.39 is 0 Å². The molecule has 2 aromatic carbocycles. The number of nitrogens with one attached hydrogen (secondary N) is 1. The van der Waals surface area contributed by atoms with Gasteiger partial charge in [-0.05, 0) is 85.5 Å². The standard InChI is InChI=1S/C30H35FN6O/c1-3-20-6-7-22(31)14-27(20)36-30(33)26-15-34-37-16-21(25-12-19(17-38)5-4-18(25)2)13-28(37)29(26)35-24-10-8-23(32)9-11-24/h4-7,12-16,23-24,35,38H,3,8-11,17,32H2,1-2H3,(H2,33,36)/t23-,24-. The fourth-order valence-corrected chi connectivity index (χ4v) is 5.23. The molecule has 0 aliphatic heterocycles. The van der Waals surface area contributed by atoms with Crippen LogP contribution in [0.2, 0.25) is 0 Å². The molecule has 0 atom stereocenters. The minimum absolute atomic E-state index is 0.0213. The van der Waals surface area contributed by atoms with E-state index in [1.807, 2.05) is 35.8 Å². The van der Waals surface area contributed by atoms with Crippen molar-refractivity contribution in [3.05, 3.63) is 82.9 Å². The summed E-state index contributed by atoms with van der Waals surface area (Å²) in [5, 5.41) is 18.1. The molecule has 0 radical (unpaired) electrons. The first kappa shape index (κ1) is 25.9. The molecule has 8 heteroatoms. The van der Waals surface area contributed by atoms with Crippen LogP contribution in [0.15, 0.2) is 59.9 Å². The topological polar surface area (TPSA) is 114 Å². The Bertz CT molecular complexity index is 1490. The number of aliphatic hydroxyl groups excluding tert-OH is 1. The van der Waals surface area contributed by atoms with E-state index >= 15 is 0 Å². The molecular formula is C30H35FN6O. The number of aromatic nitrogens is 2. The summed E-state index contributed by atoms with van der Waals surface area (Å²) >= 11 is 0. The number of aryl methyl sites for hydroxylation is 2. The molecule has 198 valence electrons. The van der Waals surface area contributed by atoms with Gasteiger partial charge in [-0.25, -0.2) is 13.9 Å². The van der Waals surface area contributed by atoms with E-state index in [4.69, 9.17) is 11.5 Å². The molecule has 1 aliphatic rings. The van der Waals surface area contributed by atoms with Gasteiger partial charge in [0.15, 0.2) is 0 Å². The second-order valence-corrected chi connectivity index (χ2v) is 10.2. The zero-order valence-corrected chi connectivity index (χ0v) is 21.9. The predicted octanol–water partition coefficient (Wildman–Crippen LogP) is 5.22. The Labute approximate surface area is 222 Å². The zero-order valence-electron chi connectivity index (χ0n) is 21.9. The molecular weight excluding hydrogens is 479 g/mol. The number of halogens is 1. The molecule has 0 bridgehead atoms. The number of nitrogens with two attached hydrogens (primary N) is 2. The van der Waals surface area contributed by atoms with Crippen LogP contribution in [-0.4, -0.2) is 32.6 Å². The molecule has 2 aromatic heterocycles. The van der Waals surface area contributed by atoms with Crippen LogP contribution in [0, 0.1) is 12.7 Å². The van der Waals surface area contributed by atoms with Crippen molar-refractivity contribution >= 4 is 22.7 Å². The number of rotatable bonds is 7. The average Bonchev–Trinajstić information content (AvgIpc) is 3.35. The van der Waals surface area contributed by atoms with Crippen molar-refractivity contribution < 1.29 is 9.50 Å². The number of anilines is 1. The molecule has 1 aliphatic carbocycles. The van der Waals surface area contributed by atoms with Gasteiger partial charge in [0.05, 0.1) is 35.3 Å². The Morgan fingerprint density at radius 3 is 2.68 bits per heavy atom. The maximum atomic E-state index is 14.1. The van der Waals surface area contributed by atoms with Gasteiger partial charge in [0.25, 0.3) is 0 Å². The molecule has 0 amide bonds. The number of nitrogens with zero attached hydrogens (tertiary/aromatic N) is 3. The second-order valence-electron chi connectivity index (χ2n) is 10.2. The number of aliphatic hydroxyl groups is 1. The largest absolute Gasteiger partial charge is 0.392 e. The van der Waals surface area contributed by atoms with E-state index in [1.54, 1.807) is 12.3 Å². The summed E-state index contributed by atoms with van der Waals surface area (Å²) in [7, 11) is 0. The summed E-state index contributed by atoms with van der Waals surface area (Å²) in [6, 6.07) is 13.1. The SMILES string of the molecule is CCc1ccc(F)cc1N=C(N)c1cnn2cc(-c3cc(CO)ccc3C)cc2c1N[C@H]1CC[C@H](N)CC1. The minimum atomic E-state index is -0.351. The van der Waals surface area contributed by atoms with Crippen molar-refractivity contribution in [2.45, 2.75) is 64.6 Å². The molecule has 4 aromatic rings. The quantitative estimate of drug-likeness (QED) is 0.199. The monoisotopic (exact) mass is 514 g/mol. The molecule has 5 rings (SSSR count). The summed E-state index contributed by atoms with van der Waals surface area (Å²) in [5.74, 6) is -0.0764. The van der Waals surface area contributed by atoms with E-state index in [1.165, 1.54) is 12.1 Å². The predicted molar refractivity (Wildman–Crippen MR) is 151 cm³/mol. The van der Waals surface area contributed by atoms with Crippen LogP contribution < -0.4 is 16.8 Å². The zero-order chi connectivity index (χ0) is 26.8. The lowest BCUT2D eigenvalue weighted by atomic mass is 9.91. The molecule has 0 unspecified atom stereocenters. The highest BCUT2D eigenvalue weighted by molar-refractivity contribution is 6.06. The highest BCUT2D eigenvalue weighted by Crippen LogP contribution is 2.33. The van der Waals surface area contributed by atoms with Gasteiger partial charge >= 0.3 is 0 Å². The van der Waals surface area contributed by atoms with Crippen molar-refractivity contribution in [3.63, 3.8) is 0 Å². The van der Waals surface area contributed by atoms with Crippen molar-refractivity contribution in [2.75, 3.05) is 5.32 Å². The highest BCUT2D eigenvalue weighted by Gasteiger charge is 2.22. The maximum Gasteiger partial charge on any atom is 0.135 e. The normalized spacial score (nSPS) is 18.2. The summed E-state index contributed by atoms with van der Waals surface area (Å²) in [6.07, 6.45) is 8.25. The summed E-state index contributed by atoms with van der Waals surface area (Å²) in [5.41, 5.74) is 20.6. The molecule has 0 spiro atoms. The molecule has 1 fully saturated rings. The van der Waals surface area contributed by atoms with Gasteiger partial charge in [0, 0.05) is 23.8 Å². The Balaban J connectivity index is 1.63. The third kappa shape index (κ3) is 5.28. The van der Waals surface area contributed by atoms with Crippen LogP contribution in [0.1, 0.15) is 54.9 Å². The molecule has 2 heterocycles. The van der Waals surface area contributed by atoms with Gasteiger partial charge in [-0.3, -0.25) is 0 Å². The van der Waals surface area contributed by atoms with Crippen LogP contribution in [0.4, 0.5) is 15.8 Å². The number of amidine groups is 1. The molecule has 0 saturated heterocycles. The second kappa shape index (κ2) is 10.9. The van der Waals surface area contributed by atoms with Gasteiger partial charge in [0.2, 0.25) is 0 Å². The third-order valence-electron chi connectivity index (χ3n) is 7.50. The van der Waals surface area contributed by atoms with Crippen LogP contribution in [-0.2, 0) is 13.0 Å². The summed E-state index contributed by atoms with van der Waals surface area (Å²) in [6.45, 7) is 4.04. The van der Waals surface area contributed by atoms with E-state index in [0.717, 1.165) is 64.7 Å². The highest BCUT2D eigenvalue weighted by atomic mass is 19.1. The molecule has 38 heavy (non-hydrogen) atoms.